The molecule has 10 heteroatoms. The van der Waals surface area contributed by atoms with Gasteiger partial charge < -0.3 is 19.9 Å². The molecule has 1 amide bonds. The van der Waals surface area contributed by atoms with Crippen LogP contribution >= 0.6 is 0 Å². The van der Waals surface area contributed by atoms with E-state index in [4.69, 9.17) is 9.84 Å². The predicted molar refractivity (Wildman–Crippen MR) is 71.2 cm³/mol. The van der Waals surface area contributed by atoms with E-state index in [1.54, 1.807) is 0 Å². The fraction of sp³-hybridized carbons (Fsp3) is 0.462. The first kappa shape index (κ1) is 18.7. The van der Waals surface area contributed by atoms with Gasteiger partial charge in [-0.3, -0.25) is 4.79 Å². The molecule has 7 nitrogen and oxygen atoms in total. The number of methoxy groups -OCH3 is 1. The Balaban J connectivity index is 2.73. The van der Waals surface area contributed by atoms with E-state index in [0.717, 1.165) is 6.07 Å². The third-order valence-corrected chi connectivity index (χ3v) is 2.55. The highest BCUT2D eigenvalue weighted by atomic mass is 19.4. The van der Waals surface area contributed by atoms with E-state index in [2.05, 4.69) is 15.0 Å². The van der Waals surface area contributed by atoms with E-state index in [1.807, 2.05) is 0 Å². The van der Waals surface area contributed by atoms with Crippen molar-refractivity contribution in [3.63, 3.8) is 0 Å². The van der Waals surface area contributed by atoms with E-state index in [-0.39, 0.29) is 18.7 Å². The second-order valence-corrected chi connectivity index (χ2v) is 4.41. The summed E-state index contributed by atoms with van der Waals surface area (Å²) in [5.74, 6) is -2.50. The van der Waals surface area contributed by atoms with Gasteiger partial charge in [-0.2, -0.15) is 13.2 Å². The van der Waals surface area contributed by atoms with Gasteiger partial charge in [-0.25, -0.2) is 9.78 Å². The summed E-state index contributed by atoms with van der Waals surface area (Å²) in [6.45, 7) is -1.43. The zero-order valence-corrected chi connectivity index (χ0v) is 12.1. The minimum absolute atomic E-state index is 0.0296. The van der Waals surface area contributed by atoms with Gasteiger partial charge in [-0.15, -0.1) is 0 Å². The number of aliphatic carboxylic acids is 1. The Bertz CT molecular complexity index is 551. The molecule has 0 fully saturated rings. The number of carboxylic acid groups (broad SMARTS) is 1. The average Bonchev–Trinajstić information content (AvgIpc) is 2.48. The number of halogens is 3. The molecule has 0 saturated carbocycles. The molecule has 1 rings (SSSR count). The number of carbonyl (C=O) groups is 2. The smallest absolute Gasteiger partial charge is 0.422 e. The van der Waals surface area contributed by atoms with Gasteiger partial charge in [0.25, 0.3) is 5.91 Å². The number of rotatable bonds is 8. The Kier molecular flexibility index (Phi) is 6.76. The average molecular weight is 336 g/mol. The molecule has 0 aliphatic heterocycles. The van der Waals surface area contributed by atoms with Crippen molar-refractivity contribution >= 4 is 11.9 Å². The minimum atomic E-state index is -4.53. The molecular formula is C13H15F3N2O5. The Morgan fingerprint density at radius 1 is 1.39 bits per heavy atom. The summed E-state index contributed by atoms with van der Waals surface area (Å²) < 4.78 is 45.4. The van der Waals surface area contributed by atoms with Crippen LogP contribution in [0, 0.1) is 0 Å². The van der Waals surface area contributed by atoms with Gasteiger partial charge in [0.1, 0.15) is 11.7 Å². The summed E-state index contributed by atoms with van der Waals surface area (Å²) in [7, 11) is 1.38. The number of hydrogen-bond acceptors (Lipinski definition) is 5. The molecule has 0 spiro atoms. The molecule has 0 aliphatic carbocycles. The van der Waals surface area contributed by atoms with Gasteiger partial charge in [0, 0.05) is 26.2 Å². The third-order valence-electron chi connectivity index (χ3n) is 2.55. The normalized spacial score (nSPS) is 12.5. The standard InChI is InChI=1S/C13H15F3N2O5/c1-22-6-5-9(12(20)21)18-11(19)8-3-2-4-10(17-8)23-7-13(14,15)16/h2-4,9H,5-7H2,1H3,(H,18,19)(H,20,21). The van der Waals surface area contributed by atoms with Crippen LogP contribution in [0.25, 0.3) is 0 Å². The van der Waals surface area contributed by atoms with Crippen molar-refractivity contribution in [2.75, 3.05) is 20.3 Å². The van der Waals surface area contributed by atoms with Crippen LogP contribution in [0.4, 0.5) is 13.2 Å². The lowest BCUT2D eigenvalue weighted by Crippen LogP contribution is -2.41. The highest BCUT2D eigenvalue weighted by Crippen LogP contribution is 2.17. The van der Waals surface area contributed by atoms with E-state index < -0.39 is 36.6 Å². The van der Waals surface area contributed by atoms with Gasteiger partial charge in [-0.05, 0) is 6.07 Å². The Morgan fingerprint density at radius 3 is 2.65 bits per heavy atom. The first-order valence-electron chi connectivity index (χ1n) is 6.42. The lowest BCUT2D eigenvalue weighted by molar-refractivity contribution is -0.154. The molecule has 2 N–H and O–H groups in total. The zero-order chi connectivity index (χ0) is 17.5. The van der Waals surface area contributed by atoms with E-state index >= 15 is 0 Å². The number of nitrogens with one attached hydrogen (secondary N) is 1. The number of hydrogen-bond donors (Lipinski definition) is 2. The molecule has 23 heavy (non-hydrogen) atoms. The number of ether oxygens (including phenoxy) is 2. The van der Waals surface area contributed by atoms with E-state index in [9.17, 15) is 22.8 Å². The zero-order valence-electron chi connectivity index (χ0n) is 12.1. The van der Waals surface area contributed by atoms with Crippen molar-refractivity contribution in [2.45, 2.75) is 18.6 Å². The van der Waals surface area contributed by atoms with Crippen LogP contribution in [0.1, 0.15) is 16.9 Å². The molecule has 0 radical (unpaired) electrons. The molecule has 0 aliphatic rings. The van der Waals surface area contributed by atoms with Crippen LogP contribution in [-0.4, -0.2) is 54.5 Å². The Hall–Kier alpha value is -2.36. The number of nitrogens with zero attached hydrogens (tertiary/aromatic N) is 1. The van der Waals surface area contributed by atoms with Crippen molar-refractivity contribution in [2.24, 2.45) is 0 Å². The SMILES string of the molecule is COCCC(NC(=O)c1cccc(OCC(F)(F)F)n1)C(=O)O. The summed E-state index contributed by atoms with van der Waals surface area (Å²) in [5, 5.41) is 11.2. The maximum Gasteiger partial charge on any atom is 0.422 e. The maximum atomic E-state index is 12.1. The molecular weight excluding hydrogens is 321 g/mol. The minimum Gasteiger partial charge on any atom is -0.480 e. The second kappa shape index (κ2) is 8.32. The number of carbonyl (C=O) groups excluding carboxylic acids is 1. The topological polar surface area (TPSA) is 97.8 Å². The number of alkyl halides is 3. The third kappa shape index (κ3) is 6.96. The van der Waals surface area contributed by atoms with Crippen molar-refractivity contribution in [3.8, 4) is 5.88 Å². The predicted octanol–water partition coefficient (Wildman–Crippen LogP) is 1.24. The van der Waals surface area contributed by atoms with Crippen molar-refractivity contribution in [3.05, 3.63) is 23.9 Å². The summed E-state index contributed by atoms with van der Waals surface area (Å²) in [4.78, 5) is 26.5. The highest BCUT2D eigenvalue weighted by Gasteiger charge is 2.29. The molecule has 1 aromatic heterocycles. The summed E-state index contributed by atoms with van der Waals surface area (Å²) in [5.41, 5.74) is -0.256. The molecule has 0 aromatic carbocycles. The molecule has 1 aromatic rings. The Morgan fingerprint density at radius 2 is 2.09 bits per heavy atom. The van der Waals surface area contributed by atoms with Gasteiger partial charge in [0.05, 0.1) is 0 Å². The lowest BCUT2D eigenvalue weighted by Gasteiger charge is -2.14. The van der Waals surface area contributed by atoms with Crippen LogP contribution in [0.5, 0.6) is 5.88 Å². The largest absolute Gasteiger partial charge is 0.480 e. The van der Waals surface area contributed by atoms with Crippen LogP contribution in [0.15, 0.2) is 18.2 Å². The monoisotopic (exact) mass is 336 g/mol. The number of aromatic nitrogens is 1. The molecule has 1 heterocycles. The van der Waals surface area contributed by atoms with Gasteiger partial charge in [0.2, 0.25) is 5.88 Å². The molecule has 0 saturated heterocycles. The summed E-state index contributed by atoms with van der Waals surface area (Å²) in [6.07, 6.45) is -4.50. The van der Waals surface area contributed by atoms with Crippen molar-refractivity contribution < 1.29 is 37.3 Å². The van der Waals surface area contributed by atoms with Crippen molar-refractivity contribution in [1.82, 2.24) is 10.3 Å². The van der Waals surface area contributed by atoms with Gasteiger partial charge in [0.15, 0.2) is 6.61 Å². The van der Waals surface area contributed by atoms with E-state index in [0.29, 0.717) is 0 Å². The van der Waals surface area contributed by atoms with Crippen molar-refractivity contribution in [1.29, 1.82) is 0 Å². The van der Waals surface area contributed by atoms with E-state index in [1.165, 1.54) is 19.2 Å². The molecule has 1 unspecified atom stereocenters. The first-order valence-corrected chi connectivity index (χ1v) is 6.42. The molecule has 1 atom stereocenters. The van der Waals surface area contributed by atoms with Gasteiger partial charge >= 0.3 is 12.1 Å². The fourth-order valence-electron chi connectivity index (χ4n) is 1.50. The first-order chi connectivity index (χ1) is 10.7. The quantitative estimate of drug-likeness (QED) is 0.741. The number of carboxylic acids is 1. The van der Waals surface area contributed by atoms with Crippen LogP contribution in [0.3, 0.4) is 0 Å². The maximum absolute atomic E-state index is 12.1. The summed E-state index contributed by atoms with van der Waals surface area (Å²) >= 11 is 0. The second-order valence-electron chi connectivity index (χ2n) is 4.41. The Labute approximate surface area is 129 Å². The lowest BCUT2D eigenvalue weighted by atomic mass is 10.2. The number of amides is 1. The molecule has 0 bridgehead atoms. The van der Waals surface area contributed by atoms with Crippen LogP contribution in [0.2, 0.25) is 0 Å². The number of pyridine rings is 1. The molecule has 128 valence electrons. The van der Waals surface area contributed by atoms with Crippen LogP contribution < -0.4 is 10.1 Å². The highest BCUT2D eigenvalue weighted by molar-refractivity contribution is 5.95. The summed E-state index contributed by atoms with van der Waals surface area (Å²) in [6, 6.07) is 2.45. The fourth-order valence-corrected chi connectivity index (χ4v) is 1.50. The van der Waals surface area contributed by atoms with Crippen LogP contribution in [-0.2, 0) is 9.53 Å². The van der Waals surface area contributed by atoms with Gasteiger partial charge in [-0.1, -0.05) is 6.07 Å².